The Morgan fingerprint density at radius 3 is 2.48 bits per heavy atom. The number of unbranched alkanes of at least 4 members (excludes halogenated alkanes) is 1. The van der Waals surface area contributed by atoms with E-state index >= 15 is 0 Å². The van der Waals surface area contributed by atoms with Crippen molar-refractivity contribution in [2.45, 2.75) is 52.2 Å². The summed E-state index contributed by atoms with van der Waals surface area (Å²) in [7, 11) is 1.47. The summed E-state index contributed by atoms with van der Waals surface area (Å²) < 4.78 is 0. The van der Waals surface area contributed by atoms with Gasteiger partial charge in [-0.05, 0) is 33.1 Å². The monoisotopic (exact) mass is 295 g/mol. The Morgan fingerprint density at radius 1 is 1.38 bits per heavy atom. The number of allylic oxidation sites excluding steroid dienone is 3. The summed E-state index contributed by atoms with van der Waals surface area (Å²) >= 11 is 0. The summed E-state index contributed by atoms with van der Waals surface area (Å²) in [5.41, 5.74) is -0.165. The van der Waals surface area contributed by atoms with Gasteiger partial charge in [0, 0.05) is 13.0 Å². The topological polar surface area (TPSA) is 77.8 Å². The lowest BCUT2D eigenvalue weighted by molar-refractivity contribution is -0.128. The molecule has 0 aromatic heterocycles. The average molecular weight is 295 g/mol. The van der Waals surface area contributed by atoms with Gasteiger partial charge in [-0.25, -0.2) is 0 Å². The summed E-state index contributed by atoms with van der Waals surface area (Å²) in [5, 5.41) is 19.9. The van der Waals surface area contributed by atoms with E-state index in [0.717, 1.165) is 12.8 Å². The van der Waals surface area contributed by atoms with E-state index in [1.807, 2.05) is 19.1 Å². The molecule has 118 valence electrons. The number of likely N-dealkylation sites (tertiary alicyclic amines) is 1. The van der Waals surface area contributed by atoms with Crippen LogP contribution in [0.15, 0.2) is 23.5 Å². The molecule has 2 N–H and O–H groups in total. The van der Waals surface area contributed by atoms with Gasteiger partial charge in [-0.15, -0.1) is 0 Å². The summed E-state index contributed by atoms with van der Waals surface area (Å²) in [6.07, 6.45) is 5.53. The Bertz CT molecular complexity index is 465. The van der Waals surface area contributed by atoms with Gasteiger partial charge in [0.05, 0.1) is 6.10 Å². The van der Waals surface area contributed by atoms with Gasteiger partial charge in [0.15, 0.2) is 5.78 Å². The van der Waals surface area contributed by atoms with Crippen molar-refractivity contribution in [1.29, 1.82) is 0 Å². The zero-order chi connectivity index (χ0) is 16.2. The molecule has 0 saturated carbocycles. The Balaban J connectivity index is 2.89. The number of nitrogens with zero attached hydrogens (tertiary/aromatic N) is 1. The average Bonchev–Trinajstić information content (AvgIpc) is 2.64. The van der Waals surface area contributed by atoms with Gasteiger partial charge in [0.25, 0.3) is 5.91 Å². The van der Waals surface area contributed by atoms with Crippen molar-refractivity contribution in [1.82, 2.24) is 4.90 Å². The van der Waals surface area contributed by atoms with E-state index in [0.29, 0.717) is 6.42 Å². The summed E-state index contributed by atoms with van der Waals surface area (Å²) in [5.74, 6) is -1.40. The molecule has 3 atom stereocenters. The molecule has 5 nitrogen and oxygen atoms in total. The number of carbonyl (C=O) groups is 2. The van der Waals surface area contributed by atoms with Gasteiger partial charge in [-0.2, -0.15) is 0 Å². The second-order valence-electron chi connectivity index (χ2n) is 5.63. The minimum Gasteiger partial charge on any atom is -0.511 e. The van der Waals surface area contributed by atoms with Crippen molar-refractivity contribution < 1.29 is 19.8 Å². The molecule has 21 heavy (non-hydrogen) atoms. The molecule has 0 spiro atoms. The SMILES string of the molecule is C/C=C/CCCC(C)/C(O)=C1\C(=O)[C@@H]([C@H](C)O)N(C)C1=O. The zero-order valence-corrected chi connectivity index (χ0v) is 13.2. The minimum atomic E-state index is -0.957. The molecule has 0 bridgehead atoms. The second kappa shape index (κ2) is 7.41. The van der Waals surface area contributed by atoms with Crippen molar-refractivity contribution in [2.75, 3.05) is 7.05 Å². The Morgan fingerprint density at radius 2 is 2.00 bits per heavy atom. The van der Waals surface area contributed by atoms with Gasteiger partial charge < -0.3 is 15.1 Å². The summed E-state index contributed by atoms with van der Waals surface area (Å²) in [6, 6.07) is -0.898. The fourth-order valence-corrected chi connectivity index (χ4v) is 2.60. The lowest BCUT2D eigenvalue weighted by atomic mass is 9.95. The van der Waals surface area contributed by atoms with Crippen molar-refractivity contribution in [3.8, 4) is 0 Å². The van der Waals surface area contributed by atoms with Crippen LogP contribution in [0.1, 0.15) is 40.0 Å². The third-order valence-corrected chi connectivity index (χ3v) is 3.89. The Labute approximate surface area is 125 Å². The first-order valence-electron chi connectivity index (χ1n) is 7.36. The first kappa shape index (κ1) is 17.4. The zero-order valence-electron chi connectivity index (χ0n) is 13.2. The van der Waals surface area contributed by atoms with Crippen molar-refractivity contribution in [3.05, 3.63) is 23.5 Å². The number of hydrogen-bond acceptors (Lipinski definition) is 4. The maximum absolute atomic E-state index is 12.2. The van der Waals surface area contributed by atoms with E-state index < -0.39 is 23.8 Å². The van der Waals surface area contributed by atoms with Crippen LogP contribution in [0.3, 0.4) is 0 Å². The van der Waals surface area contributed by atoms with Crippen LogP contribution in [0.2, 0.25) is 0 Å². The fourth-order valence-electron chi connectivity index (χ4n) is 2.60. The smallest absolute Gasteiger partial charge is 0.261 e. The minimum absolute atomic E-state index is 0.152. The highest BCUT2D eigenvalue weighted by atomic mass is 16.3. The molecule has 1 rings (SSSR count). The number of amides is 1. The van der Waals surface area contributed by atoms with E-state index in [2.05, 4.69) is 0 Å². The Hall–Kier alpha value is -1.62. The molecule has 1 saturated heterocycles. The molecule has 1 aliphatic rings. The van der Waals surface area contributed by atoms with Gasteiger partial charge in [-0.1, -0.05) is 19.1 Å². The summed E-state index contributed by atoms with van der Waals surface area (Å²) in [6.45, 7) is 5.21. The van der Waals surface area contributed by atoms with Gasteiger partial charge in [-0.3, -0.25) is 9.59 Å². The molecule has 1 unspecified atom stereocenters. The molecule has 0 aromatic rings. The van der Waals surface area contributed by atoms with Crippen molar-refractivity contribution >= 4 is 11.7 Å². The van der Waals surface area contributed by atoms with Crippen molar-refractivity contribution in [2.24, 2.45) is 5.92 Å². The van der Waals surface area contributed by atoms with E-state index in [4.69, 9.17) is 0 Å². The standard InChI is InChI=1S/C16H25NO4/c1-5-6-7-8-9-10(2)14(19)12-15(20)13(11(3)18)17(4)16(12)21/h5-6,10-11,13,18-19H,7-9H2,1-4H3/b6-5+,14-12-/t10?,11-,13+/m0/s1. The first-order chi connectivity index (χ1) is 9.82. The predicted octanol–water partition coefficient (Wildman–Crippen LogP) is 1.97. The largest absolute Gasteiger partial charge is 0.511 e. The third-order valence-electron chi connectivity index (χ3n) is 3.89. The highest BCUT2D eigenvalue weighted by Gasteiger charge is 2.45. The van der Waals surface area contributed by atoms with Crippen LogP contribution in [0.4, 0.5) is 0 Å². The van der Waals surface area contributed by atoms with E-state index in [1.54, 1.807) is 6.92 Å². The van der Waals surface area contributed by atoms with Crippen LogP contribution in [-0.4, -0.2) is 46.0 Å². The molecule has 1 heterocycles. The van der Waals surface area contributed by atoms with E-state index in [9.17, 15) is 19.8 Å². The second-order valence-corrected chi connectivity index (χ2v) is 5.63. The summed E-state index contributed by atoms with van der Waals surface area (Å²) in [4.78, 5) is 25.6. The van der Waals surface area contributed by atoms with Crippen LogP contribution in [0.5, 0.6) is 0 Å². The maximum atomic E-state index is 12.2. The highest BCUT2D eigenvalue weighted by molar-refractivity contribution is 6.26. The van der Waals surface area contributed by atoms with Crippen LogP contribution in [0.25, 0.3) is 0 Å². The predicted molar refractivity (Wildman–Crippen MR) is 80.7 cm³/mol. The number of rotatable bonds is 6. The number of aliphatic hydroxyl groups excluding tert-OH is 2. The number of Topliss-reactive ketones (excluding diaryl/α,β-unsaturated/α-hetero) is 1. The fraction of sp³-hybridized carbons (Fsp3) is 0.625. The molecular weight excluding hydrogens is 270 g/mol. The van der Waals surface area contributed by atoms with Crippen LogP contribution < -0.4 is 0 Å². The lowest BCUT2D eigenvalue weighted by Gasteiger charge is -2.19. The quantitative estimate of drug-likeness (QED) is 0.258. The molecule has 1 fully saturated rings. The van der Waals surface area contributed by atoms with Gasteiger partial charge in [0.1, 0.15) is 17.4 Å². The van der Waals surface area contributed by atoms with E-state index in [1.165, 1.54) is 18.9 Å². The molecular formula is C16H25NO4. The molecule has 0 aliphatic carbocycles. The number of hydrogen-bond donors (Lipinski definition) is 2. The molecule has 0 radical (unpaired) electrons. The highest BCUT2D eigenvalue weighted by Crippen LogP contribution is 2.28. The normalized spacial score (nSPS) is 24.8. The number of ketones is 1. The van der Waals surface area contributed by atoms with Gasteiger partial charge in [0.2, 0.25) is 0 Å². The molecule has 1 aliphatic heterocycles. The van der Waals surface area contributed by atoms with Crippen LogP contribution in [-0.2, 0) is 9.59 Å². The van der Waals surface area contributed by atoms with Crippen molar-refractivity contribution in [3.63, 3.8) is 0 Å². The Kier molecular flexibility index (Phi) is 6.15. The first-order valence-corrected chi connectivity index (χ1v) is 7.36. The van der Waals surface area contributed by atoms with Crippen LogP contribution >= 0.6 is 0 Å². The maximum Gasteiger partial charge on any atom is 0.261 e. The number of likely N-dealkylation sites (N-methyl/N-ethyl adjacent to an activating group) is 1. The van der Waals surface area contributed by atoms with Gasteiger partial charge >= 0.3 is 0 Å². The third kappa shape index (κ3) is 3.73. The molecule has 1 amide bonds. The number of carbonyl (C=O) groups excluding carboxylic acids is 2. The molecule has 5 heteroatoms. The number of aliphatic hydroxyl groups is 2. The molecule has 0 aromatic carbocycles. The lowest BCUT2D eigenvalue weighted by Crippen LogP contribution is -2.40. The van der Waals surface area contributed by atoms with E-state index in [-0.39, 0.29) is 17.3 Å². The van der Waals surface area contributed by atoms with Crippen LogP contribution in [0, 0.1) is 5.92 Å².